The Balaban J connectivity index is 2.62. The maximum absolute atomic E-state index is 12.8. The molecular weight excluding hydrogens is 294 g/mol. The fourth-order valence-corrected chi connectivity index (χ4v) is 2.56. The highest BCUT2D eigenvalue weighted by molar-refractivity contribution is 6.02. The Morgan fingerprint density at radius 1 is 1.48 bits per heavy atom. The van der Waals surface area contributed by atoms with E-state index in [1.54, 1.807) is 17.0 Å². The predicted octanol–water partition coefficient (Wildman–Crippen LogP) is 3.22. The summed E-state index contributed by atoms with van der Waals surface area (Å²) in [5, 5.41) is 0. The number of fused-ring (bicyclic) bond motifs is 1. The van der Waals surface area contributed by atoms with E-state index in [9.17, 15) is 9.59 Å². The minimum absolute atomic E-state index is 0.0171. The summed E-state index contributed by atoms with van der Waals surface area (Å²) < 4.78 is 11.6. The van der Waals surface area contributed by atoms with Crippen molar-refractivity contribution in [1.29, 1.82) is 0 Å². The van der Waals surface area contributed by atoms with E-state index >= 15 is 0 Å². The van der Waals surface area contributed by atoms with Gasteiger partial charge in [-0.25, -0.2) is 0 Å². The molecule has 23 heavy (non-hydrogen) atoms. The Kier molecular flexibility index (Phi) is 5.08. The van der Waals surface area contributed by atoms with Crippen LogP contribution in [-0.4, -0.2) is 31.4 Å². The van der Waals surface area contributed by atoms with Gasteiger partial charge in [0.1, 0.15) is 6.29 Å². The molecule has 0 aliphatic carbocycles. The van der Waals surface area contributed by atoms with Crippen LogP contribution in [0.4, 0.5) is 5.69 Å². The highest BCUT2D eigenvalue weighted by Gasteiger charge is 2.38. The van der Waals surface area contributed by atoms with Crippen LogP contribution in [0.1, 0.15) is 38.1 Å². The van der Waals surface area contributed by atoms with Crippen LogP contribution in [0, 0.1) is 5.92 Å². The molecule has 1 aliphatic heterocycles. The quantitative estimate of drug-likeness (QED) is 0.597. The van der Waals surface area contributed by atoms with Crippen molar-refractivity contribution in [3.63, 3.8) is 0 Å². The zero-order chi connectivity index (χ0) is 17.1. The van der Waals surface area contributed by atoms with Crippen molar-refractivity contribution in [3.05, 3.63) is 29.8 Å². The summed E-state index contributed by atoms with van der Waals surface area (Å²) in [6.07, 6.45) is 0.156. The number of hydrogen-bond donors (Lipinski definition) is 0. The maximum atomic E-state index is 12.8. The van der Waals surface area contributed by atoms with Gasteiger partial charge in [-0.05, 0) is 31.9 Å². The highest BCUT2D eigenvalue weighted by atomic mass is 16.5. The Morgan fingerprint density at radius 2 is 2.17 bits per heavy atom. The van der Waals surface area contributed by atoms with Crippen molar-refractivity contribution in [2.24, 2.45) is 5.92 Å². The fourth-order valence-electron chi connectivity index (χ4n) is 2.56. The molecule has 1 heterocycles. The Bertz CT molecular complexity index is 636. The fraction of sp³-hybridized carbons (Fsp3) is 0.444. The molecule has 0 fully saturated rings. The molecule has 1 amide bonds. The first kappa shape index (κ1) is 17.1. The summed E-state index contributed by atoms with van der Waals surface area (Å²) >= 11 is 0. The van der Waals surface area contributed by atoms with E-state index in [1.165, 1.54) is 0 Å². The number of benzene rings is 1. The Hall–Kier alpha value is -2.30. The number of carbonyl (C=O) groups excluding carboxylic acids is 2. The van der Waals surface area contributed by atoms with Gasteiger partial charge in [0.05, 0.1) is 12.3 Å². The summed E-state index contributed by atoms with van der Waals surface area (Å²) in [5.41, 5.74) is 1.85. The minimum atomic E-state index is -0.580. The third-order valence-electron chi connectivity index (χ3n) is 3.57. The van der Waals surface area contributed by atoms with Gasteiger partial charge >= 0.3 is 0 Å². The number of aldehydes is 1. The summed E-state index contributed by atoms with van der Waals surface area (Å²) in [5.74, 6) is 0.887. The molecule has 0 bridgehead atoms. The Morgan fingerprint density at radius 3 is 2.70 bits per heavy atom. The standard InChI is InChI=1S/C18H23NO4/c1-6-22-15-8-13(10-20)7-14-17(15)23-16(12(4)5)18(21)19(14)9-11(2)3/h7-8,10,12,16H,2,6,9H2,1,3-5H3. The number of carbonyl (C=O) groups is 2. The van der Waals surface area contributed by atoms with E-state index in [2.05, 4.69) is 6.58 Å². The van der Waals surface area contributed by atoms with E-state index in [4.69, 9.17) is 9.47 Å². The highest BCUT2D eigenvalue weighted by Crippen LogP contribution is 2.44. The van der Waals surface area contributed by atoms with Gasteiger partial charge in [0.25, 0.3) is 5.91 Å². The summed E-state index contributed by atoms with van der Waals surface area (Å²) in [6.45, 7) is 12.3. The third kappa shape index (κ3) is 3.38. The number of rotatable bonds is 6. The first-order valence-electron chi connectivity index (χ1n) is 7.77. The van der Waals surface area contributed by atoms with E-state index in [0.29, 0.717) is 35.9 Å². The van der Waals surface area contributed by atoms with Crippen LogP contribution in [0.25, 0.3) is 0 Å². The van der Waals surface area contributed by atoms with Crippen molar-refractivity contribution >= 4 is 17.9 Å². The lowest BCUT2D eigenvalue weighted by atomic mass is 10.0. The summed E-state index contributed by atoms with van der Waals surface area (Å²) in [7, 11) is 0. The average Bonchev–Trinajstić information content (AvgIpc) is 2.49. The molecule has 1 atom stereocenters. The van der Waals surface area contributed by atoms with Crippen LogP contribution in [0.2, 0.25) is 0 Å². The lowest BCUT2D eigenvalue weighted by Gasteiger charge is -2.37. The predicted molar refractivity (Wildman–Crippen MR) is 89.4 cm³/mol. The molecule has 124 valence electrons. The lowest BCUT2D eigenvalue weighted by molar-refractivity contribution is -0.128. The molecule has 0 saturated carbocycles. The van der Waals surface area contributed by atoms with Crippen LogP contribution >= 0.6 is 0 Å². The number of nitrogens with zero attached hydrogens (tertiary/aromatic N) is 1. The second-order valence-corrected chi connectivity index (χ2v) is 6.08. The van der Waals surface area contributed by atoms with Gasteiger partial charge in [-0.3, -0.25) is 9.59 Å². The zero-order valence-electron chi connectivity index (χ0n) is 14.1. The third-order valence-corrected chi connectivity index (χ3v) is 3.57. The monoisotopic (exact) mass is 317 g/mol. The van der Waals surface area contributed by atoms with Gasteiger partial charge in [0.2, 0.25) is 0 Å². The molecule has 2 rings (SSSR count). The van der Waals surface area contributed by atoms with Gasteiger partial charge in [0, 0.05) is 12.1 Å². The minimum Gasteiger partial charge on any atom is -0.490 e. The van der Waals surface area contributed by atoms with Crippen LogP contribution in [-0.2, 0) is 4.79 Å². The topological polar surface area (TPSA) is 55.8 Å². The van der Waals surface area contributed by atoms with Gasteiger partial charge in [0.15, 0.2) is 17.6 Å². The summed E-state index contributed by atoms with van der Waals surface area (Å²) in [4.78, 5) is 25.6. The second kappa shape index (κ2) is 6.86. The van der Waals surface area contributed by atoms with Crippen molar-refractivity contribution in [3.8, 4) is 11.5 Å². The number of hydrogen-bond acceptors (Lipinski definition) is 4. The van der Waals surface area contributed by atoms with Crippen molar-refractivity contribution in [1.82, 2.24) is 0 Å². The van der Waals surface area contributed by atoms with E-state index in [0.717, 1.165) is 11.9 Å². The maximum Gasteiger partial charge on any atom is 0.268 e. The van der Waals surface area contributed by atoms with Crippen LogP contribution < -0.4 is 14.4 Å². The molecular formula is C18H23NO4. The van der Waals surface area contributed by atoms with Crippen LogP contribution in [0.3, 0.4) is 0 Å². The van der Waals surface area contributed by atoms with Crippen molar-refractivity contribution < 1.29 is 19.1 Å². The molecule has 5 nitrogen and oxygen atoms in total. The first-order valence-corrected chi connectivity index (χ1v) is 7.77. The molecule has 0 N–H and O–H groups in total. The SMILES string of the molecule is C=C(C)CN1C(=O)C(C(C)C)Oc2c(OCC)cc(C=O)cc21. The van der Waals surface area contributed by atoms with Crippen molar-refractivity contribution in [2.75, 3.05) is 18.1 Å². The van der Waals surface area contributed by atoms with E-state index in [1.807, 2.05) is 27.7 Å². The molecule has 1 aromatic carbocycles. The van der Waals surface area contributed by atoms with Gasteiger partial charge in [-0.1, -0.05) is 26.0 Å². The smallest absolute Gasteiger partial charge is 0.268 e. The number of anilines is 1. The molecule has 1 aromatic rings. The lowest BCUT2D eigenvalue weighted by Crippen LogP contribution is -2.49. The molecule has 1 aliphatic rings. The van der Waals surface area contributed by atoms with Gasteiger partial charge in [-0.2, -0.15) is 0 Å². The average molecular weight is 317 g/mol. The van der Waals surface area contributed by atoms with Crippen molar-refractivity contribution in [2.45, 2.75) is 33.8 Å². The Labute approximate surface area is 136 Å². The molecule has 0 spiro atoms. The number of amides is 1. The second-order valence-electron chi connectivity index (χ2n) is 6.08. The molecule has 0 aromatic heterocycles. The number of ether oxygens (including phenoxy) is 2. The molecule has 0 radical (unpaired) electrons. The first-order chi connectivity index (χ1) is 10.9. The van der Waals surface area contributed by atoms with Crippen LogP contribution in [0.15, 0.2) is 24.3 Å². The van der Waals surface area contributed by atoms with E-state index in [-0.39, 0.29) is 11.8 Å². The normalized spacial score (nSPS) is 16.8. The zero-order valence-corrected chi connectivity index (χ0v) is 14.1. The van der Waals surface area contributed by atoms with E-state index < -0.39 is 6.10 Å². The summed E-state index contributed by atoms with van der Waals surface area (Å²) in [6, 6.07) is 3.30. The molecule has 1 unspecified atom stereocenters. The molecule has 5 heteroatoms. The van der Waals surface area contributed by atoms with Crippen LogP contribution in [0.5, 0.6) is 11.5 Å². The molecule has 0 saturated heterocycles. The van der Waals surface area contributed by atoms with Gasteiger partial charge < -0.3 is 14.4 Å². The largest absolute Gasteiger partial charge is 0.490 e. The van der Waals surface area contributed by atoms with Gasteiger partial charge in [-0.15, -0.1) is 0 Å².